The maximum absolute atomic E-state index is 5.25. The van der Waals surface area contributed by atoms with Crippen LogP contribution in [0.4, 0.5) is 0 Å². The van der Waals surface area contributed by atoms with E-state index in [0.717, 1.165) is 30.2 Å². The number of nitrogens with zero attached hydrogens (tertiary/aromatic N) is 3. The zero-order valence-corrected chi connectivity index (χ0v) is 11.1. The number of hydrogen-bond acceptors (Lipinski definition) is 5. The molecule has 1 aromatic heterocycles. The molecular weight excluding hydrogens is 228 g/mol. The third kappa shape index (κ3) is 3.09. The zero-order chi connectivity index (χ0) is 12.4. The summed E-state index contributed by atoms with van der Waals surface area (Å²) in [5, 5.41) is 7.30. The van der Waals surface area contributed by atoms with Crippen LogP contribution < -0.4 is 5.32 Å². The Morgan fingerprint density at radius 1 is 1.28 bits per heavy atom. The van der Waals surface area contributed by atoms with Crippen molar-refractivity contribution in [2.24, 2.45) is 5.92 Å². The van der Waals surface area contributed by atoms with Crippen molar-refractivity contribution in [1.82, 2.24) is 20.4 Å². The van der Waals surface area contributed by atoms with Crippen LogP contribution in [0.25, 0.3) is 0 Å². The summed E-state index contributed by atoms with van der Waals surface area (Å²) < 4.78 is 5.25. The van der Waals surface area contributed by atoms with Gasteiger partial charge in [0.15, 0.2) is 5.82 Å². The second-order valence-corrected chi connectivity index (χ2v) is 5.59. The van der Waals surface area contributed by atoms with Gasteiger partial charge in [-0.2, -0.15) is 4.98 Å². The molecule has 1 aromatic rings. The number of aryl methyl sites for hydroxylation is 1. The summed E-state index contributed by atoms with van der Waals surface area (Å²) in [7, 11) is 0. The largest absolute Gasteiger partial charge is 0.338 e. The van der Waals surface area contributed by atoms with E-state index < -0.39 is 0 Å². The van der Waals surface area contributed by atoms with Crippen molar-refractivity contribution in [3.63, 3.8) is 0 Å². The number of piperidine rings is 1. The first-order valence-electron chi connectivity index (χ1n) is 7.05. The average molecular weight is 250 g/mol. The van der Waals surface area contributed by atoms with Crippen LogP contribution in [-0.2, 0) is 6.54 Å². The number of nitrogens with one attached hydrogen (secondary N) is 1. The highest BCUT2D eigenvalue weighted by molar-refractivity contribution is 4.90. The summed E-state index contributed by atoms with van der Waals surface area (Å²) in [6.45, 7) is 6.23. The minimum Gasteiger partial charge on any atom is -0.338 e. The minimum atomic E-state index is 0.739. The molecule has 2 fully saturated rings. The summed E-state index contributed by atoms with van der Waals surface area (Å²) >= 11 is 0. The summed E-state index contributed by atoms with van der Waals surface area (Å²) in [6, 6.07) is 0.757. The molecule has 0 bridgehead atoms. The number of hydrogen-bond donors (Lipinski definition) is 1. The van der Waals surface area contributed by atoms with Crippen molar-refractivity contribution in [2.45, 2.75) is 45.2 Å². The molecule has 0 atom stereocenters. The number of rotatable bonds is 5. The zero-order valence-electron chi connectivity index (χ0n) is 11.1. The smallest absolute Gasteiger partial charge is 0.240 e. The molecule has 0 radical (unpaired) electrons. The van der Waals surface area contributed by atoms with E-state index >= 15 is 0 Å². The van der Waals surface area contributed by atoms with Crippen molar-refractivity contribution < 1.29 is 4.52 Å². The van der Waals surface area contributed by atoms with Gasteiger partial charge in [-0.1, -0.05) is 5.16 Å². The van der Waals surface area contributed by atoms with Gasteiger partial charge in [0.05, 0.1) is 6.54 Å². The summed E-state index contributed by atoms with van der Waals surface area (Å²) in [6.07, 6.45) is 5.26. The van der Waals surface area contributed by atoms with Gasteiger partial charge in [0.2, 0.25) is 5.89 Å². The van der Waals surface area contributed by atoms with Crippen LogP contribution in [0.3, 0.4) is 0 Å². The predicted octanol–water partition coefficient (Wildman–Crippen LogP) is 1.34. The molecule has 2 aliphatic rings. The van der Waals surface area contributed by atoms with Crippen LogP contribution in [0.2, 0.25) is 0 Å². The molecule has 0 amide bonds. The number of aromatic nitrogens is 2. The monoisotopic (exact) mass is 250 g/mol. The fourth-order valence-corrected chi connectivity index (χ4v) is 2.76. The molecule has 0 unspecified atom stereocenters. The van der Waals surface area contributed by atoms with Crippen LogP contribution in [0.1, 0.15) is 37.4 Å². The lowest BCUT2D eigenvalue weighted by atomic mass is 9.97. The molecule has 1 saturated carbocycles. The van der Waals surface area contributed by atoms with Gasteiger partial charge in [0, 0.05) is 12.6 Å². The van der Waals surface area contributed by atoms with Gasteiger partial charge in [-0.3, -0.25) is 4.90 Å². The van der Waals surface area contributed by atoms with Gasteiger partial charge in [-0.25, -0.2) is 0 Å². The molecule has 1 aliphatic heterocycles. The highest BCUT2D eigenvalue weighted by atomic mass is 16.5. The molecule has 1 aliphatic carbocycles. The van der Waals surface area contributed by atoms with Crippen LogP contribution in [0.5, 0.6) is 0 Å². The van der Waals surface area contributed by atoms with E-state index in [1.165, 1.54) is 45.3 Å². The molecule has 1 saturated heterocycles. The molecule has 18 heavy (non-hydrogen) atoms. The van der Waals surface area contributed by atoms with Crippen molar-refractivity contribution in [3.05, 3.63) is 11.7 Å². The van der Waals surface area contributed by atoms with E-state index in [0.29, 0.717) is 0 Å². The lowest BCUT2D eigenvalue weighted by Gasteiger charge is -2.29. The van der Waals surface area contributed by atoms with Crippen molar-refractivity contribution >= 4 is 0 Å². The third-order valence-electron chi connectivity index (χ3n) is 3.92. The Labute approximate surface area is 108 Å². The summed E-state index contributed by atoms with van der Waals surface area (Å²) in [5.41, 5.74) is 0. The van der Waals surface area contributed by atoms with E-state index in [2.05, 4.69) is 20.4 Å². The van der Waals surface area contributed by atoms with Gasteiger partial charge < -0.3 is 9.84 Å². The van der Waals surface area contributed by atoms with E-state index in [-0.39, 0.29) is 0 Å². The van der Waals surface area contributed by atoms with E-state index in [4.69, 9.17) is 4.52 Å². The predicted molar refractivity (Wildman–Crippen MR) is 68.1 cm³/mol. The Bertz CT molecular complexity index is 382. The Morgan fingerprint density at radius 3 is 2.67 bits per heavy atom. The van der Waals surface area contributed by atoms with E-state index in [1.807, 2.05) is 6.92 Å². The Balaban J connectivity index is 1.57. The Morgan fingerprint density at radius 2 is 2.06 bits per heavy atom. The highest BCUT2D eigenvalue weighted by Gasteiger charge is 2.31. The topological polar surface area (TPSA) is 54.2 Å². The minimum absolute atomic E-state index is 0.739. The first-order valence-corrected chi connectivity index (χ1v) is 7.05. The molecule has 5 nitrogen and oxygen atoms in total. The van der Waals surface area contributed by atoms with Gasteiger partial charge in [-0.05, 0) is 51.6 Å². The second kappa shape index (κ2) is 5.36. The molecule has 2 heterocycles. The van der Waals surface area contributed by atoms with E-state index in [1.54, 1.807) is 0 Å². The molecule has 0 aromatic carbocycles. The molecular formula is C13H22N4O. The van der Waals surface area contributed by atoms with Crippen LogP contribution in [0, 0.1) is 12.8 Å². The molecule has 5 heteroatoms. The quantitative estimate of drug-likeness (QED) is 0.854. The van der Waals surface area contributed by atoms with Crippen molar-refractivity contribution in [1.29, 1.82) is 0 Å². The summed E-state index contributed by atoms with van der Waals surface area (Å²) in [4.78, 5) is 6.87. The first-order chi connectivity index (χ1) is 8.81. The molecule has 3 rings (SSSR count). The van der Waals surface area contributed by atoms with Gasteiger partial charge in [-0.15, -0.1) is 0 Å². The summed E-state index contributed by atoms with van der Waals surface area (Å²) in [5.74, 6) is 2.34. The van der Waals surface area contributed by atoms with Crippen LogP contribution in [0.15, 0.2) is 4.52 Å². The molecule has 100 valence electrons. The van der Waals surface area contributed by atoms with Crippen molar-refractivity contribution in [3.8, 4) is 0 Å². The SMILES string of the molecule is Cc1noc(CN(CC2CCNCC2)C2CC2)n1. The third-order valence-corrected chi connectivity index (χ3v) is 3.92. The van der Waals surface area contributed by atoms with Gasteiger partial charge in [0.1, 0.15) is 0 Å². The van der Waals surface area contributed by atoms with Gasteiger partial charge in [0.25, 0.3) is 0 Å². The lowest BCUT2D eigenvalue weighted by molar-refractivity contribution is 0.170. The van der Waals surface area contributed by atoms with Crippen LogP contribution in [-0.4, -0.2) is 40.7 Å². The molecule has 0 spiro atoms. The van der Waals surface area contributed by atoms with Crippen molar-refractivity contribution in [2.75, 3.05) is 19.6 Å². The standard InChI is InChI=1S/C13H22N4O/c1-10-15-13(18-16-10)9-17(12-2-3-12)8-11-4-6-14-7-5-11/h11-12,14H,2-9H2,1H3. The Hall–Kier alpha value is -0.940. The second-order valence-electron chi connectivity index (χ2n) is 5.59. The van der Waals surface area contributed by atoms with E-state index in [9.17, 15) is 0 Å². The van der Waals surface area contributed by atoms with Crippen LogP contribution >= 0.6 is 0 Å². The maximum atomic E-state index is 5.25. The highest BCUT2D eigenvalue weighted by Crippen LogP contribution is 2.30. The fraction of sp³-hybridized carbons (Fsp3) is 0.846. The molecule has 1 N–H and O–H groups in total. The normalized spacial score (nSPS) is 21.7. The van der Waals surface area contributed by atoms with Gasteiger partial charge >= 0.3 is 0 Å². The lowest BCUT2D eigenvalue weighted by Crippen LogP contribution is -2.37. The maximum Gasteiger partial charge on any atom is 0.240 e. The first kappa shape index (κ1) is 12.1. The Kier molecular flexibility index (Phi) is 3.61. The fourth-order valence-electron chi connectivity index (χ4n) is 2.76. The average Bonchev–Trinajstić information content (AvgIpc) is 3.15.